The van der Waals surface area contributed by atoms with Crippen LogP contribution in [0, 0.1) is 0 Å². The highest BCUT2D eigenvalue weighted by Crippen LogP contribution is 2.37. The topological polar surface area (TPSA) is 26.0 Å². The smallest absolute Gasteiger partial charge is 0.329 e. The van der Waals surface area contributed by atoms with Crippen LogP contribution in [-0.2, 0) is 0 Å². The van der Waals surface area contributed by atoms with Gasteiger partial charge >= 0.3 is 6.18 Å². The molecule has 0 saturated carbocycles. The number of thiophene rings is 1. The zero-order valence-corrected chi connectivity index (χ0v) is 8.01. The lowest BCUT2D eigenvalue weighted by molar-refractivity contribution is -0.147. The van der Waals surface area contributed by atoms with Crippen LogP contribution in [0.1, 0.15) is 10.8 Å². The average Bonchev–Trinajstić information content (AvgIpc) is 2.34. The first kappa shape index (κ1) is 10.8. The van der Waals surface area contributed by atoms with Crippen molar-refractivity contribution in [1.29, 1.82) is 0 Å². The molecule has 1 aromatic rings. The zero-order chi connectivity index (χ0) is 10.1. The third-order valence-electron chi connectivity index (χ3n) is 1.56. The Morgan fingerprint density at radius 1 is 1.54 bits per heavy atom. The van der Waals surface area contributed by atoms with Crippen LogP contribution in [0.5, 0.6) is 0 Å². The Hall–Kier alpha value is -0.260. The van der Waals surface area contributed by atoms with Gasteiger partial charge in [-0.25, -0.2) is 0 Å². The van der Waals surface area contributed by atoms with Crippen molar-refractivity contribution < 1.29 is 13.2 Å². The third-order valence-corrected chi connectivity index (χ3v) is 2.96. The molecule has 1 aromatic heterocycles. The van der Waals surface area contributed by atoms with E-state index in [1.54, 1.807) is 0 Å². The SMILES string of the molecule is NCC(c1cc(Cl)cs1)C(F)(F)F. The predicted molar refractivity (Wildman–Crippen MR) is 47.2 cm³/mol. The monoisotopic (exact) mass is 229 g/mol. The first-order valence-corrected chi connectivity index (χ1v) is 4.71. The lowest BCUT2D eigenvalue weighted by Crippen LogP contribution is -2.27. The van der Waals surface area contributed by atoms with E-state index in [4.69, 9.17) is 17.3 Å². The fourth-order valence-electron chi connectivity index (χ4n) is 0.922. The van der Waals surface area contributed by atoms with E-state index >= 15 is 0 Å². The summed E-state index contributed by atoms with van der Waals surface area (Å²) < 4.78 is 36.9. The molecule has 0 aromatic carbocycles. The largest absolute Gasteiger partial charge is 0.397 e. The molecule has 6 heteroatoms. The normalized spacial score (nSPS) is 14.5. The summed E-state index contributed by atoms with van der Waals surface area (Å²) >= 11 is 6.49. The molecule has 74 valence electrons. The van der Waals surface area contributed by atoms with E-state index in [0.29, 0.717) is 5.02 Å². The molecule has 0 bridgehead atoms. The molecule has 0 saturated heterocycles. The molecule has 1 unspecified atom stereocenters. The van der Waals surface area contributed by atoms with Gasteiger partial charge in [0.25, 0.3) is 0 Å². The molecule has 13 heavy (non-hydrogen) atoms. The summed E-state index contributed by atoms with van der Waals surface area (Å²) in [5.41, 5.74) is 5.04. The molecule has 0 aliphatic carbocycles. The van der Waals surface area contributed by atoms with E-state index in [2.05, 4.69) is 0 Å². The van der Waals surface area contributed by atoms with E-state index in [9.17, 15) is 13.2 Å². The van der Waals surface area contributed by atoms with Gasteiger partial charge in [-0.2, -0.15) is 13.2 Å². The molecule has 1 atom stereocenters. The second-order valence-electron chi connectivity index (χ2n) is 2.50. The maximum Gasteiger partial charge on any atom is 0.397 e. The van der Waals surface area contributed by atoms with Crippen LogP contribution in [0.4, 0.5) is 13.2 Å². The first-order valence-electron chi connectivity index (χ1n) is 3.46. The summed E-state index contributed by atoms with van der Waals surface area (Å²) in [6.45, 7) is -0.444. The molecule has 0 spiro atoms. The minimum absolute atomic E-state index is 0.167. The quantitative estimate of drug-likeness (QED) is 0.829. The lowest BCUT2D eigenvalue weighted by Gasteiger charge is -2.16. The van der Waals surface area contributed by atoms with Crippen molar-refractivity contribution >= 4 is 22.9 Å². The van der Waals surface area contributed by atoms with Crippen molar-refractivity contribution in [2.75, 3.05) is 6.54 Å². The zero-order valence-electron chi connectivity index (χ0n) is 6.44. The molecule has 0 radical (unpaired) electrons. The van der Waals surface area contributed by atoms with Crippen LogP contribution in [0.25, 0.3) is 0 Å². The Balaban J connectivity index is 2.91. The van der Waals surface area contributed by atoms with Gasteiger partial charge in [-0.3, -0.25) is 0 Å². The number of alkyl halides is 3. The van der Waals surface area contributed by atoms with Crippen molar-refractivity contribution in [2.24, 2.45) is 5.73 Å². The van der Waals surface area contributed by atoms with Gasteiger partial charge in [-0.15, -0.1) is 11.3 Å². The van der Waals surface area contributed by atoms with E-state index in [0.717, 1.165) is 11.3 Å². The number of halogens is 4. The summed E-state index contributed by atoms with van der Waals surface area (Å²) in [5.74, 6) is -1.59. The van der Waals surface area contributed by atoms with Crippen LogP contribution in [0.3, 0.4) is 0 Å². The Labute approximate surface area is 82.3 Å². The van der Waals surface area contributed by atoms with Crippen molar-refractivity contribution in [3.63, 3.8) is 0 Å². The average molecular weight is 230 g/mol. The Bertz CT molecular complexity index is 284. The summed E-state index contributed by atoms with van der Waals surface area (Å²) in [6, 6.07) is 1.30. The van der Waals surface area contributed by atoms with Gasteiger partial charge in [0.15, 0.2) is 0 Å². The van der Waals surface area contributed by atoms with Gasteiger partial charge in [-0.05, 0) is 6.07 Å². The first-order chi connectivity index (χ1) is 5.95. The van der Waals surface area contributed by atoms with Gasteiger partial charge in [0.05, 0.1) is 5.02 Å². The van der Waals surface area contributed by atoms with Crippen LogP contribution in [0.2, 0.25) is 5.02 Å². The standard InChI is InChI=1S/C7H7ClF3NS/c8-4-1-6(13-3-4)5(2-12)7(9,10)11/h1,3,5H,2,12H2. The second-order valence-corrected chi connectivity index (χ2v) is 3.88. The predicted octanol–water partition coefficient (Wildman–Crippen LogP) is 3.01. The highest BCUT2D eigenvalue weighted by molar-refractivity contribution is 7.10. The Kier molecular flexibility index (Phi) is 3.21. The summed E-state index contributed by atoms with van der Waals surface area (Å²) in [5, 5.41) is 1.79. The lowest BCUT2D eigenvalue weighted by atomic mass is 10.1. The second kappa shape index (κ2) is 3.86. The molecule has 1 heterocycles. The fourth-order valence-corrected chi connectivity index (χ4v) is 2.14. The molecular formula is C7H7ClF3NS. The molecule has 0 aliphatic rings. The van der Waals surface area contributed by atoms with Crippen LogP contribution in [-0.4, -0.2) is 12.7 Å². The van der Waals surface area contributed by atoms with Crippen LogP contribution < -0.4 is 5.73 Å². The van der Waals surface area contributed by atoms with Crippen molar-refractivity contribution in [3.8, 4) is 0 Å². The summed E-state index contributed by atoms with van der Waals surface area (Å²) in [6.07, 6.45) is -4.29. The van der Waals surface area contributed by atoms with E-state index in [1.807, 2.05) is 0 Å². The molecule has 0 fully saturated rings. The third kappa shape index (κ3) is 2.59. The number of hydrogen-bond donors (Lipinski definition) is 1. The maximum absolute atomic E-state index is 12.3. The van der Waals surface area contributed by atoms with Gasteiger partial charge in [0.1, 0.15) is 5.92 Å². The van der Waals surface area contributed by atoms with Gasteiger partial charge in [0, 0.05) is 16.8 Å². The van der Waals surface area contributed by atoms with Crippen molar-refractivity contribution in [3.05, 3.63) is 21.3 Å². The van der Waals surface area contributed by atoms with E-state index in [-0.39, 0.29) is 4.88 Å². The number of hydrogen-bond acceptors (Lipinski definition) is 2. The van der Waals surface area contributed by atoms with Crippen molar-refractivity contribution in [1.82, 2.24) is 0 Å². The maximum atomic E-state index is 12.3. The minimum atomic E-state index is -4.29. The van der Waals surface area contributed by atoms with Gasteiger partial charge < -0.3 is 5.73 Å². The molecule has 0 aliphatic heterocycles. The molecule has 1 rings (SSSR count). The fraction of sp³-hybridized carbons (Fsp3) is 0.429. The molecular weight excluding hydrogens is 223 g/mol. The molecule has 1 nitrogen and oxygen atoms in total. The van der Waals surface area contributed by atoms with Crippen LogP contribution in [0.15, 0.2) is 11.4 Å². The Morgan fingerprint density at radius 3 is 2.46 bits per heavy atom. The number of rotatable bonds is 2. The number of nitrogens with two attached hydrogens (primary N) is 1. The summed E-state index contributed by atoms with van der Waals surface area (Å²) in [7, 11) is 0. The summed E-state index contributed by atoms with van der Waals surface area (Å²) in [4.78, 5) is 0.167. The highest BCUT2D eigenvalue weighted by Gasteiger charge is 2.40. The highest BCUT2D eigenvalue weighted by atomic mass is 35.5. The van der Waals surface area contributed by atoms with Crippen molar-refractivity contribution in [2.45, 2.75) is 12.1 Å². The molecule has 0 amide bonds. The van der Waals surface area contributed by atoms with E-state index in [1.165, 1.54) is 11.4 Å². The van der Waals surface area contributed by atoms with Crippen LogP contribution >= 0.6 is 22.9 Å². The van der Waals surface area contributed by atoms with Gasteiger partial charge in [0.2, 0.25) is 0 Å². The molecule has 2 N–H and O–H groups in total. The van der Waals surface area contributed by atoms with E-state index < -0.39 is 18.6 Å². The Morgan fingerprint density at radius 2 is 2.15 bits per heavy atom. The van der Waals surface area contributed by atoms with Gasteiger partial charge in [-0.1, -0.05) is 11.6 Å². The minimum Gasteiger partial charge on any atom is -0.329 e.